The first-order valence-electron chi connectivity index (χ1n) is 9.84. The fourth-order valence-electron chi connectivity index (χ4n) is 4.25. The number of benzene rings is 1. The highest BCUT2D eigenvalue weighted by Gasteiger charge is 2.25. The molecule has 6 nitrogen and oxygen atoms in total. The Bertz CT molecular complexity index is 871. The fourth-order valence-corrected chi connectivity index (χ4v) is 4.25. The van der Waals surface area contributed by atoms with Gasteiger partial charge in [0.05, 0.1) is 18.4 Å². The third-order valence-corrected chi connectivity index (χ3v) is 5.84. The normalized spacial score (nSPS) is 18.3. The van der Waals surface area contributed by atoms with Crippen molar-refractivity contribution in [3.05, 3.63) is 51.2 Å². The van der Waals surface area contributed by atoms with E-state index in [0.717, 1.165) is 48.5 Å². The number of phenolic OH excluding ortho intramolecular Hbond substituents is 1. The molecule has 2 N–H and O–H groups in total. The number of aromatic nitrogens is 2. The summed E-state index contributed by atoms with van der Waals surface area (Å²) >= 11 is 0. The molecular weight excluding hydrogens is 342 g/mol. The number of ether oxygens (including phenoxy) is 1. The molecular formula is C21H27N3O3. The predicted molar refractivity (Wildman–Crippen MR) is 103 cm³/mol. The Hall–Kier alpha value is -2.34. The van der Waals surface area contributed by atoms with Gasteiger partial charge in [0.2, 0.25) is 0 Å². The molecule has 0 saturated heterocycles. The van der Waals surface area contributed by atoms with Gasteiger partial charge in [-0.25, -0.2) is 4.98 Å². The molecule has 0 spiro atoms. The van der Waals surface area contributed by atoms with E-state index in [1.165, 1.54) is 19.3 Å². The Labute approximate surface area is 159 Å². The molecule has 6 heteroatoms. The maximum Gasteiger partial charge on any atom is 0.255 e. The molecule has 0 bridgehead atoms. The molecule has 4 rings (SSSR count). The lowest BCUT2D eigenvalue weighted by atomic mass is 9.88. The maximum atomic E-state index is 12.7. The molecule has 0 radical (unpaired) electrons. The van der Waals surface area contributed by atoms with Crippen molar-refractivity contribution < 1.29 is 9.84 Å². The smallest absolute Gasteiger partial charge is 0.255 e. The van der Waals surface area contributed by atoms with Crippen LogP contribution in [0.2, 0.25) is 0 Å². The minimum Gasteiger partial charge on any atom is -0.507 e. The molecule has 0 unspecified atom stereocenters. The van der Waals surface area contributed by atoms with Gasteiger partial charge in [-0.15, -0.1) is 0 Å². The summed E-state index contributed by atoms with van der Waals surface area (Å²) in [7, 11) is 1.58. The van der Waals surface area contributed by atoms with E-state index in [-0.39, 0.29) is 11.3 Å². The molecule has 2 heterocycles. The van der Waals surface area contributed by atoms with Gasteiger partial charge in [-0.3, -0.25) is 9.69 Å². The van der Waals surface area contributed by atoms with Gasteiger partial charge >= 0.3 is 0 Å². The molecule has 1 aromatic carbocycles. The number of aromatic hydroxyl groups is 1. The molecule has 1 fully saturated rings. The van der Waals surface area contributed by atoms with E-state index in [1.807, 2.05) is 12.1 Å². The van der Waals surface area contributed by atoms with Gasteiger partial charge in [-0.2, -0.15) is 0 Å². The number of hydrogen-bond acceptors (Lipinski definition) is 5. The number of phenols is 1. The molecule has 0 amide bonds. The van der Waals surface area contributed by atoms with Crippen LogP contribution in [0.15, 0.2) is 23.0 Å². The number of hydrogen-bond donors (Lipinski definition) is 2. The van der Waals surface area contributed by atoms with E-state index >= 15 is 0 Å². The highest BCUT2D eigenvalue weighted by molar-refractivity contribution is 5.39. The lowest BCUT2D eigenvalue weighted by molar-refractivity contribution is 0.237. The Balaban J connectivity index is 1.50. The molecule has 144 valence electrons. The second kappa shape index (κ2) is 7.72. The SMILES string of the molecule is COc1ccc(CN2CCc3nc(C4CCCCC4)[nH]c(=O)c3C2)c(O)c1. The van der Waals surface area contributed by atoms with Crippen LogP contribution >= 0.6 is 0 Å². The summed E-state index contributed by atoms with van der Waals surface area (Å²) in [5.41, 5.74) is 2.56. The molecule has 2 aliphatic rings. The summed E-state index contributed by atoms with van der Waals surface area (Å²) < 4.78 is 5.14. The molecule has 1 aromatic heterocycles. The topological polar surface area (TPSA) is 78.5 Å². The average Bonchev–Trinajstić information content (AvgIpc) is 2.70. The third-order valence-electron chi connectivity index (χ3n) is 5.84. The van der Waals surface area contributed by atoms with Crippen LogP contribution in [0.1, 0.15) is 60.7 Å². The fraction of sp³-hybridized carbons (Fsp3) is 0.524. The maximum absolute atomic E-state index is 12.7. The molecule has 1 aliphatic heterocycles. The Morgan fingerprint density at radius 1 is 1.30 bits per heavy atom. The molecule has 1 saturated carbocycles. The summed E-state index contributed by atoms with van der Waals surface area (Å²) in [5.74, 6) is 2.15. The van der Waals surface area contributed by atoms with E-state index in [0.29, 0.717) is 24.8 Å². The van der Waals surface area contributed by atoms with Crippen molar-refractivity contribution in [2.75, 3.05) is 13.7 Å². The number of fused-ring (bicyclic) bond motifs is 1. The number of methoxy groups -OCH3 is 1. The van der Waals surface area contributed by atoms with E-state index < -0.39 is 0 Å². The Morgan fingerprint density at radius 3 is 2.85 bits per heavy atom. The third kappa shape index (κ3) is 3.86. The number of nitrogens with zero attached hydrogens (tertiary/aromatic N) is 2. The first-order chi connectivity index (χ1) is 13.1. The van der Waals surface area contributed by atoms with Gasteiger partial charge in [0, 0.05) is 43.6 Å². The largest absolute Gasteiger partial charge is 0.507 e. The number of nitrogens with one attached hydrogen (secondary N) is 1. The summed E-state index contributed by atoms with van der Waals surface area (Å²) in [5, 5.41) is 10.2. The van der Waals surface area contributed by atoms with Crippen molar-refractivity contribution in [2.24, 2.45) is 0 Å². The highest BCUT2D eigenvalue weighted by atomic mass is 16.5. The van der Waals surface area contributed by atoms with Crippen molar-refractivity contribution in [3.63, 3.8) is 0 Å². The van der Waals surface area contributed by atoms with E-state index in [2.05, 4.69) is 9.88 Å². The lowest BCUT2D eigenvalue weighted by Crippen LogP contribution is -2.36. The quantitative estimate of drug-likeness (QED) is 0.866. The van der Waals surface area contributed by atoms with E-state index in [1.54, 1.807) is 13.2 Å². The van der Waals surface area contributed by atoms with Crippen LogP contribution in [0.3, 0.4) is 0 Å². The minimum atomic E-state index is 0.00391. The zero-order chi connectivity index (χ0) is 18.8. The van der Waals surface area contributed by atoms with Gasteiger partial charge in [0.15, 0.2) is 0 Å². The standard InChI is InChI=1S/C21H27N3O3/c1-27-16-8-7-15(19(25)11-16)12-24-10-9-18-17(13-24)21(26)23-20(22-18)14-5-3-2-4-6-14/h7-8,11,14,25H,2-6,9-10,12-13H2,1H3,(H,22,23,26). The van der Waals surface area contributed by atoms with Crippen molar-refractivity contribution in [3.8, 4) is 11.5 Å². The highest BCUT2D eigenvalue weighted by Crippen LogP contribution is 2.31. The first kappa shape index (κ1) is 18.0. The second-order valence-corrected chi connectivity index (χ2v) is 7.67. The minimum absolute atomic E-state index is 0.00391. The van der Waals surface area contributed by atoms with Gasteiger partial charge in [0.1, 0.15) is 17.3 Å². The zero-order valence-electron chi connectivity index (χ0n) is 15.8. The average molecular weight is 369 g/mol. The van der Waals surface area contributed by atoms with Crippen molar-refractivity contribution in [1.29, 1.82) is 0 Å². The van der Waals surface area contributed by atoms with Crippen LogP contribution < -0.4 is 10.3 Å². The summed E-state index contributed by atoms with van der Waals surface area (Å²) in [4.78, 5) is 22.8. The van der Waals surface area contributed by atoms with Crippen LogP contribution in [0.25, 0.3) is 0 Å². The van der Waals surface area contributed by atoms with E-state index in [4.69, 9.17) is 9.72 Å². The van der Waals surface area contributed by atoms with E-state index in [9.17, 15) is 9.90 Å². The van der Waals surface area contributed by atoms with Crippen LogP contribution in [0.5, 0.6) is 11.5 Å². The predicted octanol–water partition coefficient (Wildman–Crippen LogP) is 3.09. The number of rotatable bonds is 4. The monoisotopic (exact) mass is 369 g/mol. The van der Waals surface area contributed by atoms with Gasteiger partial charge in [0.25, 0.3) is 5.56 Å². The Kier molecular flexibility index (Phi) is 5.16. The second-order valence-electron chi connectivity index (χ2n) is 7.67. The van der Waals surface area contributed by atoms with Crippen LogP contribution in [0.4, 0.5) is 0 Å². The summed E-state index contributed by atoms with van der Waals surface area (Å²) in [6.07, 6.45) is 6.78. The number of aromatic amines is 1. The Morgan fingerprint density at radius 2 is 2.11 bits per heavy atom. The van der Waals surface area contributed by atoms with Crippen molar-refractivity contribution in [2.45, 2.75) is 57.5 Å². The molecule has 27 heavy (non-hydrogen) atoms. The van der Waals surface area contributed by atoms with Gasteiger partial charge in [-0.05, 0) is 18.9 Å². The van der Waals surface area contributed by atoms with Crippen LogP contribution in [-0.4, -0.2) is 33.6 Å². The van der Waals surface area contributed by atoms with Crippen molar-refractivity contribution >= 4 is 0 Å². The first-order valence-corrected chi connectivity index (χ1v) is 9.84. The zero-order valence-corrected chi connectivity index (χ0v) is 15.8. The van der Waals surface area contributed by atoms with Crippen LogP contribution in [-0.2, 0) is 19.5 Å². The van der Waals surface area contributed by atoms with Crippen molar-refractivity contribution in [1.82, 2.24) is 14.9 Å². The molecule has 0 atom stereocenters. The summed E-state index contributed by atoms with van der Waals surface area (Å²) in [6, 6.07) is 5.34. The van der Waals surface area contributed by atoms with Crippen LogP contribution in [0, 0.1) is 0 Å². The van der Waals surface area contributed by atoms with Gasteiger partial charge in [-0.1, -0.05) is 25.3 Å². The summed E-state index contributed by atoms with van der Waals surface area (Å²) in [6.45, 7) is 1.99. The lowest BCUT2D eigenvalue weighted by Gasteiger charge is -2.29. The number of H-pyrrole nitrogens is 1. The molecule has 1 aliphatic carbocycles. The van der Waals surface area contributed by atoms with Gasteiger partial charge < -0.3 is 14.8 Å². The molecule has 2 aromatic rings.